The van der Waals surface area contributed by atoms with Gasteiger partial charge in [-0.2, -0.15) is 0 Å². The molecule has 0 rings (SSSR count). The lowest BCUT2D eigenvalue weighted by atomic mass is 10.0. The van der Waals surface area contributed by atoms with Crippen molar-refractivity contribution < 1.29 is 24.5 Å². The Labute approximate surface area is 360 Å². The Morgan fingerprint density at radius 1 is 0.466 bits per heavy atom. The second-order valence-electron chi connectivity index (χ2n) is 17.1. The van der Waals surface area contributed by atoms with E-state index in [1.807, 2.05) is 6.08 Å². The monoisotopic (exact) mass is 816 g/mol. The predicted molar refractivity (Wildman–Crippen MR) is 250 cm³/mol. The first kappa shape index (κ1) is 56.1. The van der Waals surface area contributed by atoms with Crippen molar-refractivity contribution in [2.45, 2.75) is 270 Å². The lowest BCUT2D eigenvalue weighted by Crippen LogP contribution is -2.45. The minimum Gasteiger partial charge on any atom is -0.466 e. The molecule has 2 atom stereocenters. The van der Waals surface area contributed by atoms with E-state index in [0.29, 0.717) is 19.4 Å². The fraction of sp³-hybridized carbons (Fsp3) is 0.846. The van der Waals surface area contributed by atoms with Crippen molar-refractivity contribution in [2.75, 3.05) is 13.2 Å². The van der Waals surface area contributed by atoms with Crippen molar-refractivity contribution in [2.24, 2.45) is 0 Å². The minimum absolute atomic E-state index is 0.0157. The molecule has 0 aromatic heterocycles. The average molecular weight is 816 g/mol. The molecule has 0 saturated carbocycles. The number of ether oxygens (including phenoxy) is 1. The number of aliphatic hydroxyl groups excluding tert-OH is 2. The van der Waals surface area contributed by atoms with Crippen LogP contribution >= 0.6 is 0 Å². The summed E-state index contributed by atoms with van der Waals surface area (Å²) in [7, 11) is 0. The van der Waals surface area contributed by atoms with Gasteiger partial charge < -0.3 is 20.3 Å². The second kappa shape index (κ2) is 47.8. The molecule has 0 aromatic carbocycles. The van der Waals surface area contributed by atoms with Crippen LogP contribution < -0.4 is 5.32 Å². The van der Waals surface area contributed by atoms with Crippen LogP contribution in [0.15, 0.2) is 36.5 Å². The summed E-state index contributed by atoms with van der Waals surface area (Å²) >= 11 is 0. The Balaban J connectivity index is 3.52. The number of carbonyl (C=O) groups is 2. The van der Waals surface area contributed by atoms with E-state index >= 15 is 0 Å². The maximum atomic E-state index is 12.4. The SMILES string of the molecule is CCCC/C=C\CCCCCCCC(=O)OCCCCCCCCC/C=C\CCCCCCCC(=O)NC(CO)C(O)/C=C/CCCCCCCCCCCCCC. The van der Waals surface area contributed by atoms with Crippen molar-refractivity contribution in [3.8, 4) is 0 Å². The molecule has 2 unspecified atom stereocenters. The molecule has 0 fully saturated rings. The fourth-order valence-corrected chi connectivity index (χ4v) is 7.43. The van der Waals surface area contributed by atoms with Gasteiger partial charge in [-0.05, 0) is 77.0 Å². The van der Waals surface area contributed by atoms with E-state index in [1.165, 1.54) is 167 Å². The molecule has 340 valence electrons. The summed E-state index contributed by atoms with van der Waals surface area (Å²) in [6, 6.07) is -0.639. The Hall–Kier alpha value is -1.92. The molecule has 6 heteroatoms. The summed E-state index contributed by atoms with van der Waals surface area (Å²) in [5.74, 6) is -0.102. The number of aliphatic hydroxyl groups is 2. The number of esters is 1. The van der Waals surface area contributed by atoms with Crippen LogP contribution in [-0.2, 0) is 14.3 Å². The topological polar surface area (TPSA) is 95.9 Å². The molecule has 0 spiro atoms. The molecule has 58 heavy (non-hydrogen) atoms. The third-order valence-corrected chi connectivity index (χ3v) is 11.4. The normalized spacial score (nSPS) is 13.0. The largest absolute Gasteiger partial charge is 0.466 e. The van der Waals surface area contributed by atoms with Crippen LogP contribution in [0.25, 0.3) is 0 Å². The van der Waals surface area contributed by atoms with E-state index in [1.54, 1.807) is 6.08 Å². The van der Waals surface area contributed by atoms with Gasteiger partial charge >= 0.3 is 5.97 Å². The Morgan fingerprint density at radius 3 is 1.28 bits per heavy atom. The molecule has 0 aliphatic heterocycles. The highest BCUT2D eigenvalue weighted by molar-refractivity contribution is 5.76. The van der Waals surface area contributed by atoms with Crippen molar-refractivity contribution in [3.63, 3.8) is 0 Å². The molecule has 1 amide bonds. The maximum absolute atomic E-state index is 12.4. The zero-order valence-corrected chi connectivity index (χ0v) is 38.5. The van der Waals surface area contributed by atoms with E-state index in [2.05, 4.69) is 43.5 Å². The molecule has 0 aliphatic rings. The summed E-state index contributed by atoms with van der Waals surface area (Å²) in [5, 5.41) is 23.0. The van der Waals surface area contributed by atoms with Crippen molar-refractivity contribution in [1.82, 2.24) is 5.32 Å². The number of nitrogens with one attached hydrogen (secondary N) is 1. The minimum atomic E-state index is -0.854. The van der Waals surface area contributed by atoms with Crippen LogP contribution in [0, 0.1) is 0 Å². The van der Waals surface area contributed by atoms with E-state index in [-0.39, 0.29) is 18.5 Å². The van der Waals surface area contributed by atoms with E-state index in [9.17, 15) is 19.8 Å². The number of hydrogen-bond donors (Lipinski definition) is 3. The Kier molecular flexibility index (Phi) is 46.2. The quantitative estimate of drug-likeness (QED) is 0.0323. The molecular formula is C52H97NO5. The van der Waals surface area contributed by atoms with E-state index in [4.69, 9.17) is 4.74 Å². The molecular weight excluding hydrogens is 719 g/mol. The maximum Gasteiger partial charge on any atom is 0.305 e. The molecule has 0 radical (unpaired) electrons. The number of hydrogen-bond acceptors (Lipinski definition) is 5. The molecule has 0 saturated heterocycles. The van der Waals surface area contributed by atoms with Gasteiger partial charge in [-0.15, -0.1) is 0 Å². The Bertz CT molecular complexity index is 946. The molecule has 6 nitrogen and oxygen atoms in total. The van der Waals surface area contributed by atoms with Gasteiger partial charge in [-0.1, -0.05) is 204 Å². The Morgan fingerprint density at radius 2 is 0.828 bits per heavy atom. The third kappa shape index (κ3) is 43.7. The number of amides is 1. The lowest BCUT2D eigenvalue weighted by Gasteiger charge is -2.20. The highest BCUT2D eigenvalue weighted by Crippen LogP contribution is 2.15. The number of carbonyl (C=O) groups excluding carboxylic acids is 2. The average Bonchev–Trinajstić information content (AvgIpc) is 3.22. The van der Waals surface area contributed by atoms with Crippen LogP contribution in [0.4, 0.5) is 0 Å². The molecule has 0 aromatic rings. The third-order valence-electron chi connectivity index (χ3n) is 11.4. The summed E-state index contributed by atoms with van der Waals surface area (Å²) in [4.78, 5) is 24.4. The second-order valence-corrected chi connectivity index (χ2v) is 17.1. The number of allylic oxidation sites excluding steroid dienone is 5. The van der Waals surface area contributed by atoms with Gasteiger partial charge in [0.05, 0.1) is 25.4 Å². The van der Waals surface area contributed by atoms with Gasteiger partial charge in [0, 0.05) is 12.8 Å². The first-order valence-electron chi connectivity index (χ1n) is 25.3. The van der Waals surface area contributed by atoms with Gasteiger partial charge in [-0.25, -0.2) is 0 Å². The van der Waals surface area contributed by atoms with Gasteiger partial charge in [0.15, 0.2) is 0 Å². The smallest absolute Gasteiger partial charge is 0.305 e. The van der Waals surface area contributed by atoms with E-state index in [0.717, 1.165) is 64.2 Å². The van der Waals surface area contributed by atoms with Gasteiger partial charge in [0.25, 0.3) is 0 Å². The van der Waals surface area contributed by atoms with Crippen LogP contribution in [0.3, 0.4) is 0 Å². The van der Waals surface area contributed by atoms with Crippen LogP contribution in [0.5, 0.6) is 0 Å². The van der Waals surface area contributed by atoms with Crippen molar-refractivity contribution in [1.29, 1.82) is 0 Å². The number of rotatable bonds is 46. The zero-order valence-electron chi connectivity index (χ0n) is 38.5. The predicted octanol–water partition coefficient (Wildman–Crippen LogP) is 14.9. The lowest BCUT2D eigenvalue weighted by molar-refractivity contribution is -0.143. The standard InChI is InChI=1S/C52H97NO5/c1-3-5-7-9-11-13-15-16-21-25-28-32-36-40-44-50(55)49(48-54)53-51(56)45-41-37-33-29-26-22-19-17-18-20-23-27-31-35-39-43-47-58-52(57)46-42-38-34-30-24-14-12-10-8-6-4-2/h10,12,17,19,40,44,49-50,54-55H,3-9,11,13-16,18,20-39,41-43,45-48H2,1-2H3,(H,53,56)/b12-10-,19-17-,44-40+. The van der Waals surface area contributed by atoms with Gasteiger partial charge in [0.1, 0.15) is 0 Å². The molecule has 3 N–H and O–H groups in total. The van der Waals surface area contributed by atoms with Gasteiger partial charge in [0.2, 0.25) is 5.91 Å². The molecule has 0 heterocycles. The van der Waals surface area contributed by atoms with E-state index < -0.39 is 12.1 Å². The fourth-order valence-electron chi connectivity index (χ4n) is 7.43. The van der Waals surface area contributed by atoms with Crippen LogP contribution in [0.1, 0.15) is 258 Å². The summed E-state index contributed by atoms with van der Waals surface area (Å²) < 4.78 is 5.43. The van der Waals surface area contributed by atoms with Crippen molar-refractivity contribution >= 4 is 11.9 Å². The van der Waals surface area contributed by atoms with Crippen molar-refractivity contribution in [3.05, 3.63) is 36.5 Å². The first-order chi connectivity index (χ1) is 28.5. The zero-order chi connectivity index (χ0) is 42.3. The summed E-state index contributed by atoms with van der Waals surface area (Å²) in [6.07, 6.45) is 57.1. The molecule has 0 aliphatic carbocycles. The van der Waals surface area contributed by atoms with Crippen LogP contribution in [0.2, 0.25) is 0 Å². The van der Waals surface area contributed by atoms with Gasteiger partial charge in [-0.3, -0.25) is 9.59 Å². The molecule has 0 bridgehead atoms. The van der Waals surface area contributed by atoms with Crippen LogP contribution in [-0.4, -0.2) is 47.4 Å². The highest BCUT2D eigenvalue weighted by atomic mass is 16.5. The highest BCUT2D eigenvalue weighted by Gasteiger charge is 2.18. The number of unbranched alkanes of at least 4 members (excludes halogenated alkanes) is 31. The summed E-state index contributed by atoms with van der Waals surface area (Å²) in [5.41, 5.74) is 0. The summed E-state index contributed by atoms with van der Waals surface area (Å²) in [6.45, 7) is 4.83. The first-order valence-corrected chi connectivity index (χ1v) is 25.3.